The highest BCUT2D eigenvalue weighted by Gasteiger charge is 2.15. The first-order valence-electron chi connectivity index (χ1n) is 6.18. The number of nitrogen functional groups attached to an aromatic ring is 1. The van der Waals surface area contributed by atoms with Gasteiger partial charge in [-0.3, -0.25) is 4.79 Å². The van der Waals surface area contributed by atoms with Gasteiger partial charge in [-0.1, -0.05) is 19.1 Å². The van der Waals surface area contributed by atoms with Crippen molar-refractivity contribution in [3.8, 4) is 0 Å². The number of nitrogens with zero attached hydrogens (tertiary/aromatic N) is 1. The van der Waals surface area contributed by atoms with E-state index in [9.17, 15) is 4.79 Å². The molecule has 1 amide bonds. The van der Waals surface area contributed by atoms with Gasteiger partial charge in [0.05, 0.1) is 0 Å². The minimum absolute atomic E-state index is 0.222. The van der Waals surface area contributed by atoms with Gasteiger partial charge in [-0.15, -0.1) is 0 Å². The van der Waals surface area contributed by atoms with Gasteiger partial charge in [0, 0.05) is 24.7 Å². The number of nitrogens with two attached hydrogens (primary N) is 1. The maximum absolute atomic E-state index is 12.0. The maximum Gasteiger partial charge on any atom is 0.223 e. The summed E-state index contributed by atoms with van der Waals surface area (Å²) in [6.07, 6.45) is 1.51. The summed E-state index contributed by atoms with van der Waals surface area (Å²) in [7, 11) is 0. The highest BCUT2D eigenvalue weighted by Crippen LogP contribution is 2.12. The maximum atomic E-state index is 12.0. The van der Waals surface area contributed by atoms with Crippen LogP contribution in [0, 0.1) is 0 Å². The quantitative estimate of drug-likeness (QED) is 0.796. The van der Waals surface area contributed by atoms with Crippen LogP contribution in [0.25, 0.3) is 0 Å². The zero-order valence-electron chi connectivity index (χ0n) is 10.9. The Balaban J connectivity index is 2.73. The Morgan fingerprint density at radius 3 is 2.35 bits per heavy atom. The Morgan fingerprint density at radius 1 is 1.29 bits per heavy atom. The summed E-state index contributed by atoms with van der Waals surface area (Å²) in [5, 5.41) is 0. The number of hydrogen-bond acceptors (Lipinski definition) is 2. The number of benzene rings is 1. The standard InChI is InChI=1S/C14H22N2O/c1-4-5-14(17)16(11(2)3)10-12-6-8-13(15)9-7-12/h6-9,11H,4-5,10,15H2,1-3H3. The lowest BCUT2D eigenvalue weighted by atomic mass is 10.1. The van der Waals surface area contributed by atoms with Gasteiger partial charge < -0.3 is 10.6 Å². The molecule has 3 nitrogen and oxygen atoms in total. The Kier molecular flexibility index (Phi) is 5.01. The molecule has 1 aromatic carbocycles. The third-order valence-electron chi connectivity index (χ3n) is 2.74. The number of carbonyl (C=O) groups is 1. The molecule has 0 saturated heterocycles. The molecule has 0 aliphatic carbocycles. The van der Waals surface area contributed by atoms with Crippen LogP contribution in [0.1, 0.15) is 39.2 Å². The van der Waals surface area contributed by atoms with Crippen LogP contribution < -0.4 is 5.73 Å². The number of rotatable bonds is 5. The third kappa shape index (κ3) is 4.10. The van der Waals surface area contributed by atoms with Gasteiger partial charge in [-0.2, -0.15) is 0 Å². The molecule has 0 saturated carbocycles. The van der Waals surface area contributed by atoms with Gasteiger partial charge in [0.25, 0.3) is 0 Å². The molecule has 0 bridgehead atoms. The average molecular weight is 234 g/mol. The van der Waals surface area contributed by atoms with E-state index in [0.717, 1.165) is 17.7 Å². The molecule has 0 aromatic heterocycles. The van der Waals surface area contributed by atoms with Crippen LogP contribution >= 0.6 is 0 Å². The minimum Gasteiger partial charge on any atom is -0.399 e. The van der Waals surface area contributed by atoms with E-state index in [4.69, 9.17) is 5.73 Å². The first-order chi connectivity index (χ1) is 8.04. The summed E-state index contributed by atoms with van der Waals surface area (Å²) in [5.41, 5.74) is 7.52. The lowest BCUT2D eigenvalue weighted by molar-refractivity contribution is -0.133. The molecule has 17 heavy (non-hydrogen) atoms. The van der Waals surface area contributed by atoms with Gasteiger partial charge in [0.2, 0.25) is 5.91 Å². The molecule has 0 aliphatic heterocycles. The molecule has 1 aromatic rings. The van der Waals surface area contributed by atoms with Crippen LogP contribution in [0.5, 0.6) is 0 Å². The molecule has 3 heteroatoms. The summed E-state index contributed by atoms with van der Waals surface area (Å²) in [6.45, 7) is 6.78. The van der Waals surface area contributed by atoms with Gasteiger partial charge in [-0.25, -0.2) is 0 Å². The Labute approximate surface area is 104 Å². The number of anilines is 1. The van der Waals surface area contributed by atoms with Crippen molar-refractivity contribution in [1.29, 1.82) is 0 Å². The predicted molar refractivity (Wildman–Crippen MR) is 71.4 cm³/mol. The van der Waals surface area contributed by atoms with Crippen LogP contribution in [0.15, 0.2) is 24.3 Å². The van der Waals surface area contributed by atoms with E-state index in [0.29, 0.717) is 13.0 Å². The Morgan fingerprint density at radius 2 is 1.88 bits per heavy atom. The summed E-state index contributed by atoms with van der Waals surface area (Å²) in [5.74, 6) is 0.222. The average Bonchev–Trinajstić information content (AvgIpc) is 2.28. The number of hydrogen-bond donors (Lipinski definition) is 1. The van der Waals surface area contributed by atoms with E-state index in [1.807, 2.05) is 49.9 Å². The SMILES string of the molecule is CCCC(=O)N(Cc1ccc(N)cc1)C(C)C. The molecular formula is C14H22N2O. The molecule has 0 heterocycles. The van der Waals surface area contributed by atoms with E-state index in [1.54, 1.807) is 0 Å². The second-order valence-corrected chi connectivity index (χ2v) is 4.61. The zero-order chi connectivity index (χ0) is 12.8. The van der Waals surface area contributed by atoms with Crippen molar-refractivity contribution in [2.75, 3.05) is 5.73 Å². The second-order valence-electron chi connectivity index (χ2n) is 4.61. The Hall–Kier alpha value is -1.51. The van der Waals surface area contributed by atoms with Crippen LogP contribution in [-0.4, -0.2) is 16.8 Å². The van der Waals surface area contributed by atoms with Gasteiger partial charge in [-0.05, 0) is 38.0 Å². The molecule has 0 radical (unpaired) electrons. The highest BCUT2D eigenvalue weighted by atomic mass is 16.2. The van der Waals surface area contributed by atoms with Gasteiger partial charge in [0.15, 0.2) is 0 Å². The second kappa shape index (κ2) is 6.28. The zero-order valence-corrected chi connectivity index (χ0v) is 10.9. The van der Waals surface area contributed by atoms with Crippen LogP contribution in [0.2, 0.25) is 0 Å². The lowest BCUT2D eigenvalue weighted by Crippen LogP contribution is -2.36. The van der Waals surface area contributed by atoms with E-state index >= 15 is 0 Å². The van der Waals surface area contributed by atoms with Crippen molar-refractivity contribution in [3.05, 3.63) is 29.8 Å². The molecule has 1 rings (SSSR count). The molecule has 0 atom stereocenters. The summed E-state index contributed by atoms with van der Waals surface area (Å²) in [4.78, 5) is 13.9. The Bertz CT molecular complexity index is 357. The van der Waals surface area contributed by atoms with Crippen LogP contribution in [0.4, 0.5) is 5.69 Å². The molecule has 0 fully saturated rings. The summed E-state index contributed by atoms with van der Waals surface area (Å²) < 4.78 is 0. The van der Waals surface area contributed by atoms with Gasteiger partial charge >= 0.3 is 0 Å². The highest BCUT2D eigenvalue weighted by molar-refractivity contribution is 5.76. The fraction of sp³-hybridized carbons (Fsp3) is 0.500. The first kappa shape index (κ1) is 13.6. The van der Waals surface area contributed by atoms with Crippen molar-refractivity contribution < 1.29 is 4.79 Å². The monoisotopic (exact) mass is 234 g/mol. The molecular weight excluding hydrogens is 212 g/mol. The topological polar surface area (TPSA) is 46.3 Å². The smallest absolute Gasteiger partial charge is 0.223 e. The molecule has 0 unspecified atom stereocenters. The normalized spacial score (nSPS) is 10.6. The van der Waals surface area contributed by atoms with Crippen molar-refractivity contribution in [2.24, 2.45) is 0 Å². The van der Waals surface area contributed by atoms with E-state index in [2.05, 4.69) is 0 Å². The first-order valence-corrected chi connectivity index (χ1v) is 6.18. The molecule has 0 spiro atoms. The third-order valence-corrected chi connectivity index (χ3v) is 2.74. The van der Waals surface area contributed by atoms with E-state index in [-0.39, 0.29) is 11.9 Å². The van der Waals surface area contributed by atoms with Gasteiger partial charge in [0.1, 0.15) is 0 Å². The van der Waals surface area contributed by atoms with Crippen molar-refractivity contribution >= 4 is 11.6 Å². The summed E-state index contributed by atoms with van der Waals surface area (Å²) in [6, 6.07) is 7.93. The largest absolute Gasteiger partial charge is 0.399 e. The van der Waals surface area contributed by atoms with Crippen molar-refractivity contribution in [2.45, 2.75) is 46.2 Å². The molecule has 2 N–H and O–H groups in total. The van der Waals surface area contributed by atoms with Crippen LogP contribution in [-0.2, 0) is 11.3 Å². The predicted octanol–water partition coefficient (Wildman–Crippen LogP) is 2.81. The lowest BCUT2D eigenvalue weighted by Gasteiger charge is -2.27. The molecule has 0 aliphatic rings. The summed E-state index contributed by atoms with van der Waals surface area (Å²) >= 11 is 0. The molecule has 94 valence electrons. The fourth-order valence-electron chi connectivity index (χ4n) is 1.74. The minimum atomic E-state index is 0.222. The van der Waals surface area contributed by atoms with E-state index < -0.39 is 0 Å². The van der Waals surface area contributed by atoms with Crippen molar-refractivity contribution in [1.82, 2.24) is 4.90 Å². The number of carbonyl (C=O) groups excluding carboxylic acids is 1. The van der Waals surface area contributed by atoms with E-state index in [1.165, 1.54) is 0 Å². The van der Waals surface area contributed by atoms with Crippen LogP contribution in [0.3, 0.4) is 0 Å². The number of amides is 1. The fourth-order valence-corrected chi connectivity index (χ4v) is 1.74. The van der Waals surface area contributed by atoms with Crippen molar-refractivity contribution in [3.63, 3.8) is 0 Å².